The predicted molar refractivity (Wildman–Crippen MR) is 58.9 cm³/mol. The topological polar surface area (TPSA) is 54.9 Å². The smallest absolute Gasteiger partial charge is 0.295 e. The van der Waals surface area contributed by atoms with Crippen molar-refractivity contribution in [3.05, 3.63) is 43.7 Å². The number of hydrogen-bond donors (Lipinski definition) is 1. The van der Waals surface area contributed by atoms with Crippen LogP contribution in [0.2, 0.25) is 0 Å². The van der Waals surface area contributed by atoms with E-state index in [4.69, 9.17) is 11.6 Å². The van der Waals surface area contributed by atoms with E-state index >= 15 is 0 Å². The van der Waals surface area contributed by atoms with Crippen LogP contribution in [0.5, 0.6) is 0 Å². The van der Waals surface area contributed by atoms with Gasteiger partial charge < -0.3 is 0 Å². The van der Waals surface area contributed by atoms with Crippen molar-refractivity contribution in [2.75, 3.05) is 5.88 Å². The molecular formula is C8H8BrClN2O2. The molecule has 0 radical (unpaired) electrons. The molecule has 0 unspecified atom stereocenters. The summed E-state index contributed by atoms with van der Waals surface area (Å²) in [6, 6.07) is 0. The first-order chi connectivity index (χ1) is 6.54. The van der Waals surface area contributed by atoms with E-state index in [1.54, 1.807) is 0 Å². The Balaban J connectivity index is 3.11. The Morgan fingerprint density at radius 2 is 2.29 bits per heavy atom. The normalized spacial score (nSPS) is 10.1. The monoisotopic (exact) mass is 278 g/mol. The summed E-state index contributed by atoms with van der Waals surface area (Å²) in [5.74, 6) is 0.281. The number of aromatic amines is 1. The van der Waals surface area contributed by atoms with Crippen molar-refractivity contribution in [2.24, 2.45) is 0 Å². The summed E-state index contributed by atoms with van der Waals surface area (Å²) >= 11 is 8.55. The molecule has 1 aromatic heterocycles. The molecule has 6 heteroatoms. The van der Waals surface area contributed by atoms with Crippen molar-refractivity contribution < 1.29 is 0 Å². The lowest BCUT2D eigenvalue weighted by Gasteiger charge is -2.05. The second-order valence-corrected chi connectivity index (χ2v) is 3.87. The zero-order chi connectivity index (χ0) is 10.7. The number of aromatic nitrogens is 2. The molecule has 0 aliphatic carbocycles. The second-order valence-electron chi connectivity index (χ2n) is 2.75. The second kappa shape index (κ2) is 4.61. The highest BCUT2D eigenvalue weighted by molar-refractivity contribution is 9.10. The van der Waals surface area contributed by atoms with Crippen LogP contribution in [-0.2, 0) is 6.54 Å². The summed E-state index contributed by atoms with van der Waals surface area (Å²) in [6.07, 6.45) is 1.42. The molecule has 0 spiro atoms. The summed E-state index contributed by atoms with van der Waals surface area (Å²) in [6.45, 7) is 3.97. The van der Waals surface area contributed by atoms with Crippen LogP contribution in [-0.4, -0.2) is 15.4 Å². The van der Waals surface area contributed by atoms with Crippen molar-refractivity contribution in [2.45, 2.75) is 6.54 Å². The van der Waals surface area contributed by atoms with E-state index in [9.17, 15) is 9.59 Å². The van der Waals surface area contributed by atoms with Crippen LogP contribution in [0.15, 0.2) is 32.4 Å². The Bertz CT molecular complexity index is 463. The van der Waals surface area contributed by atoms with Gasteiger partial charge in [0.25, 0.3) is 5.56 Å². The minimum absolute atomic E-state index is 0.281. The van der Waals surface area contributed by atoms with Crippen LogP contribution in [0.1, 0.15) is 0 Å². The zero-order valence-electron chi connectivity index (χ0n) is 7.22. The van der Waals surface area contributed by atoms with Gasteiger partial charge in [0.05, 0.1) is 4.47 Å². The summed E-state index contributed by atoms with van der Waals surface area (Å²) in [4.78, 5) is 24.4. The van der Waals surface area contributed by atoms with Gasteiger partial charge in [0, 0.05) is 18.6 Å². The van der Waals surface area contributed by atoms with Gasteiger partial charge in [0.2, 0.25) is 0 Å². The van der Waals surface area contributed by atoms with Gasteiger partial charge in [-0.1, -0.05) is 6.58 Å². The Morgan fingerprint density at radius 1 is 1.64 bits per heavy atom. The van der Waals surface area contributed by atoms with E-state index in [1.165, 1.54) is 10.8 Å². The molecular weight excluding hydrogens is 271 g/mol. The first kappa shape index (κ1) is 11.3. The van der Waals surface area contributed by atoms with Crippen molar-refractivity contribution in [1.29, 1.82) is 0 Å². The molecule has 0 fully saturated rings. The number of rotatable bonds is 3. The Morgan fingerprint density at radius 3 is 2.86 bits per heavy atom. The maximum Gasteiger partial charge on any atom is 0.328 e. The standard InChI is InChI=1S/C8H8BrClN2O2/c1-5(2-10)3-12-4-6(9)7(13)11-8(12)14/h4H,1-3H2,(H,11,13,14). The first-order valence-electron chi connectivity index (χ1n) is 3.76. The van der Waals surface area contributed by atoms with Crippen molar-refractivity contribution in [1.82, 2.24) is 9.55 Å². The minimum Gasteiger partial charge on any atom is -0.295 e. The summed E-state index contributed by atoms with van der Waals surface area (Å²) in [5, 5.41) is 0. The van der Waals surface area contributed by atoms with Gasteiger partial charge in [-0.2, -0.15) is 0 Å². The molecule has 1 aromatic rings. The largest absolute Gasteiger partial charge is 0.328 e. The van der Waals surface area contributed by atoms with Gasteiger partial charge >= 0.3 is 5.69 Å². The summed E-state index contributed by atoms with van der Waals surface area (Å²) in [7, 11) is 0. The molecule has 14 heavy (non-hydrogen) atoms. The number of H-pyrrole nitrogens is 1. The van der Waals surface area contributed by atoms with Gasteiger partial charge in [0.15, 0.2) is 0 Å². The third kappa shape index (κ3) is 2.59. The molecule has 0 atom stereocenters. The third-order valence-electron chi connectivity index (χ3n) is 1.55. The number of halogens is 2. The molecule has 4 nitrogen and oxygen atoms in total. The summed E-state index contributed by atoms with van der Waals surface area (Å²) < 4.78 is 1.63. The average Bonchev–Trinajstić information content (AvgIpc) is 2.14. The molecule has 0 aromatic carbocycles. The maximum atomic E-state index is 11.2. The molecule has 1 rings (SSSR count). The Hall–Kier alpha value is -0.810. The van der Waals surface area contributed by atoms with E-state index in [-0.39, 0.29) is 5.88 Å². The zero-order valence-corrected chi connectivity index (χ0v) is 9.56. The Labute approximate surface area is 93.3 Å². The number of hydrogen-bond acceptors (Lipinski definition) is 2. The molecule has 0 amide bonds. The number of alkyl halides is 1. The van der Waals surface area contributed by atoms with E-state index in [0.29, 0.717) is 16.6 Å². The quantitative estimate of drug-likeness (QED) is 0.665. The van der Waals surface area contributed by atoms with Crippen molar-refractivity contribution in [3.63, 3.8) is 0 Å². The molecule has 0 aliphatic rings. The number of nitrogens with one attached hydrogen (secondary N) is 1. The highest BCUT2D eigenvalue weighted by atomic mass is 79.9. The SMILES string of the molecule is C=C(CCl)Cn1cc(Br)c(=O)[nH]c1=O. The molecule has 0 saturated heterocycles. The fourth-order valence-corrected chi connectivity index (χ4v) is 1.31. The lowest BCUT2D eigenvalue weighted by atomic mass is 10.3. The van der Waals surface area contributed by atoms with Crippen molar-refractivity contribution in [3.8, 4) is 0 Å². The lowest BCUT2D eigenvalue weighted by molar-refractivity contribution is 0.708. The van der Waals surface area contributed by atoms with E-state index in [2.05, 4.69) is 27.5 Å². The average molecular weight is 280 g/mol. The van der Waals surface area contributed by atoms with Crippen LogP contribution < -0.4 is 11.2 Å². The van der Waals surface area contributed by atoms with Crippen LogP contribution in [0.3, 0.4) is 0 Å². The van der Waals surface area contributed by atoms with Crippen LogP contribution >= 0.6 is 27.5 Å². The predicted octanol–water partition coefficient (Wildman–Crippen LogP) is 1.09. The van der Waals surface area contributed by atoms with Crippen LogP contribution in [0, 0.1) is 0 Å². The van der Waals surface area contributed by atoms with Gasteiger partial charge in [-0.05, 0) is 21.5 Å². The fourth-order valence-electron chi connectivity index (χ4n) is 0.883. The van der Waals surface area contributed by atoms with E-state index in [1.807, 2.05) is 0 Å². The first-order valence-corrected chi connectivity index (χ1v) is 5.09. The van der Waals surface area contributed by atoms with Gasteiger partial charge in [-0.3, -0.25) is 14.3 Å². The Kier molecular flexibility index (Phi) is 3.71. The fraction of sp³-hybridized carbons (Fsp3) is 0.250. The lowest BCUT2D eigenvalue weighted by Crippen LogP contribution is -2.30. The van der Waals surface area contributed by atoms with Crippen LogP contribution in [0.25, 0.3) is 0 Å². The molecule has 1 heterocycles. The van der Waals surface area contributed by atoms with Crippen LogP contribution in [0.4, 0.5) is 0 Å². The van der Waals surface area contributed by atoms with E-state index < -0.39 is 11.2 Å². The maximum absolute atomic E-state index is 11.2. The molecule has 1 N–H and O–H groups in total. The molecule has 0 aliphatic heterocycles. The summed E-state index contributed by atoms with van der Waals surface area (Å²) in [5.41, 5.74) is -0.208. The van der Waals surface area contributed by atoms with Gasteiger partial charge in [0.1, 0.15) is 0 Å². The molecule has 0 bridgehead atoms. The third-order valence-corrected chi connectivity index (χ3v) is 2.49. The van der Waals surface area contributed by atoms with Gasteiger partial charge in [-0.25, -0.2) is 4.79 Å². The highest BCUT2D eigenvalue weighted by Gasteiger charge is 2.02. The molecule has 76 valence electrons. The number of allylic oxidation sites excluding steroid dienone is 1. The highest BCUT2D eigenvalue weighted by Crippen LogP contribution is 2.01. The van der Waals surface area contributed by atoms with Gasteiger partial charge in [-0.15, -0.1) is 11.6 Å². The van der Waals surface area contributed by atoms with E-state index in [0.717, 1.165) is 0 Å². The number of nitrogens with zero attached hydrogens (tertiary/aromatic N) is 1. The minimum atomic E-state index is -0.468. The molecule has 0 saturated carbocycles. The van der Waals surface area contributed by atoms with Crippen molar-refractivity contribution >= 4 is 27.5 Å².